The van der Waals surface area contributed by atoms with Gasteiger partial charge in [-0.25, -0.2) is 4.98 Å². The first kappa shape index (κ1) is 6.73. The second kappa shape index (κ2) is 2.95. The predicted molar refractivity (Wildman–Crippen MR) is 37.4 cm³/mol. The molecule has 0 amide bonds. The number of amidine groups is 1. The van der Waals surface area contributed by atoms with Crippen molar-refractivity contribution < 1.29 is 0 Å². The van der Waals surface area contributed by atoms with Crippen LogP contribution in [0, 0.1) is 0 Å². The first-order chi connectivity index (χ1) is 4.79. The first-order valence-corrected chi connectivity index (χ1v) is 2.90. The SMILES string of the molecule is CC(N)=NCc1ncn[nH]1. The maximum Gasteiger partial charge on any atom is 0.145 e. The van der Waals surface area contributed by atoms with E-state index in [1.165, 1.54) is 6.33 Å². The van der Waals surface area contributed by atoms with Gasteiger partial charge < -0.3 is 5.73 Å². The molecule has 10 heavy (non-hydrogen) atoms. The Labute approximate surface area is 58.4 Å². The second-order valence-electron chi connectivity index (χ2n) is 1.89. The molecule has 1 aromatic heterocycles. The van der Waals surface area contributed by atoms with Gasteiger partial charge in [0.15, 0.2) is 0 Å². The van der Waals surface area contributed by atoms with E-state index < -0.39 is 0 Å². The molecule has 0 aromatic carbocycles. The summed E-state index contributed by atoms with van der Waals surface area (Å²) >= 11 is 0. The molecule has 1 rings (SSSR count). The summed E-state index contributed by atoms with van der Waals surface area (Å²) in [4.78, 5) is 7.79. The van der Waals surface area contributed by atoms with E-state index in [0.29, 0.717) is 12.4 Å². The summed E-state index contributed by atoms with van der Waals surface area (Å²) in [5, 5.41) is 6.32. The summed E-state index contributed by atoms with van der Waals surface area (Å²) in [6, 6.07) is 0. The largest absolute Gasteiger partial charge is 0.388 e. The zero-order valence-electron chi connectivity index (χ0n) is 5.70. The van der Waals surface area contributed by atoms with Crippen LogP contribution < -0.4 is 5.73 Å². The van der Waals surface area contributed by atoms with E-state index in [1.807, 2.05) is 0 Å². The van der Waals surface area contributed by atoms with Crippen molar-refractivity contribution in [1.29, 1.82) is 0 Å². The molecule has 0 fully saturated rings. The summed E-state index contributed by atoms with van der Waals surface area (Å²) in [5.41, 5.74) is 5.30. The predicted octanol–water partition coefficient (Wildman–Crippen LogP) is -0.318. The Kier molecular flexibility index (Phi) is 1.99. The van der Waals surface area contributed by atoms with Gasteiger partial charge in [0.25, 0.3) is 0 Å². The maximum absolute atomic E-state index is 5.30. The van der Waals surface area contributed by atoms with Crippen LogP contribution in [0.4, 0.5) is 0 Å². The Morgan fingerprint density at radius 3 is 3.20 bits per heavy atom. The number of hydrogen-bond donors (Lipinski definition) is 2. The van der Waals surface area contributed by atoms with Crippen molar-refractivity contribution >= 4 is 5.84 Å². The molecule has 1 aromatic rings. The second-order valence-corrected chi connectivity index (χ2v) is 1.89. The lowest BCUT2D eigenvalue weighted by atomic mass is 10.6. The summed E-state index contributed by atoms with van der Waals surface area (Å²) in [7, 11) is 0. The number of aromatic amines is 1. The van der Waals surface area contributed by atoms with Gasteiger partial charge in [0.2, 0.25) is 0 Å². The van der Waals surface area contributed by atoms with Gasteiger partial charge in [-0.3, -0.25) is 10.1 Å². The van der Waals surface area contributed by atoms with Gasteiger partial charge >= 0.3 is 0 Å². The molecule has 0 aliphatic heterocycles. The Hall–Kier alpha value is -1.39. The van der Waals surface area contributed by atoms with Crippen molar-refractivity contribution in [2.24, 2.45) is 10.7 Å². The number of aliphatic imine (C=N–C) groups is 1. The fourth-order valence-electron chi connectivity index (χ4n) is 0.507. The van der Waals surface area contributed by atoms with Crippen LogP contribution in [0.15, 0.2) is 11.3 Å². The molecule has 0 spiro atoms. The van der Waals surface area contributed by atoms with Crippen LogP contribution in [-0.2, 0) is 6.54 Å². The fraction of sp³-hybridized carbons (Fsp3) is 0.400. The van der Waals surface area contributed by atoms with Gasteiger partial charge in [-0.1, -0.05) is 0 Å². The third kappa shape index (κ3) is 1.85. The third-order valence-corrected chi connectivity index (χ3v) is 0.943. The smallest absolute Gasteiger partial charge is 0.145 e. The number of nitrogens with one attached hydrogen (secondary N) is 1. The average molecular weight is 139 g/mol. The highest BCUT2D eigenvalue weighted by molar-refractivity contribution is 5.77. The van der Waals surface area contributed by atoms with Crippen LogP contribution in [0.5, 0.6) is 0 Å². The van der Waals surface area contributed by atoms with E-state index in [9.17, 15) is 0 Å². The summed E-state index contributed by atoms with van der Waals surface area (Å²) < 4.78 is 0. The van der Waals surface area contributed by atoms with Crippen molar-refractivity contribution in [3.8, 4) is 0 Å². The molecule has 54 valence electrons. The Bertz CT molecular complexity index is 208. The molecule has 5 nitrogen and oxygen atoms in total. The number of nitrogens with zero attached hydrogens (tertiary/aromatic N) is 3. The molecule has 0 aliphatic carbocycles. The van der Waals surface area contributed by atoms with Gasteiger partial charge in [-0.15, -0.1) is 0 Å². The molecule has 1 heterocycles. The minimum Gasteiger partial charge on any atom is -0.388 e. The Morgan fingerprint density at radius 2 is 2.70 bits per heavy atom. The van der Waals surface area contributed by atoms with Gasteiger partial charge in [0.05, 0.1) is 5.84 Å². The standard InChI is InChI=1S/C5H9N5/c1-4(6)7-2-5-8-3-9-10-5/h3H,2H2,1H3,(H2,6,7)(H,8,9,10). The molecule has 0 aliphatic rings. The molecule has 5 heteroatoms. The third-order valence-electron chi connectivity index (χ3n) is 0.943. The lowest BCUT2D eigenvalue weighted by Crippen LogP contribution is -2.05. The molecule has 0 radical (unpaired) electrons. The highest BCUT2D eigenvalue weighted by Gasteiger charge is 1.90. The molecular formula is C5H9N5. The van der Waals surface area contributed by atoms with Gasteiger partial charge in [0.1, 0.15) is 18.7 Å². The fourth-order valence-corrected chi connectivity index (χ4v) is 0.507. The van der Waals surface area contributed by atoms with E-state index in [2.05, 4.69) is 20.2 Å². The topological polar surface area (TPSA) is 79.9 Å². The Morgan fingerprint density at radius 1 is 1.90 bits per heavy atom. The van der Waals surface area contributed by atoms with E-state index >= 15 is 0 Å². The molecule has 0 saturated carbocycles. The Balaban J connectivity index is 2.49. The van der Waals surface area contributed by atoms with E-state index in [1.54, 1.807) is 6.92 Å². The monoisotopic (exact) mass is 139 g/mol. The zero-order valence-corrected chi connectivity index (χ0v) is 5.70. The summed E-state index contributed by atoms with van der Waals surface area (Å²) in [6.45, 7) is 2.21. The normalized spacial score (nSPS) is 11.9. The van der Waals surface area contributed by atoms with Crippen LogP contribution >= 0.6 is 0 Å². The molecule has 0 unspecified atom stereocenters. The number of nitrogens with two attached hydrogens (primary N) is 1. The van der Waals surface area contributed by atoms with Crippen molar-refractivity contribution in [3.63, 3.8) is 0 Å². The molecule has 0 bridgehead atoms. The van der Waals surface area contributed by atoms with Gasteiger partial charge in [0, 0.05) is 0 Å². The van der Waals surface area contributed by atoms with Crippen molar-refractivity contribution in [3.05, 3.63) is 12.2 Å². The molecule has 0 saturated heterocycles. The van der Waals surface area contributed by atoms with E-state index in [0.717, 1.165) is 5.82 Å². The van der Waals surface area contributed by atoms with Gasteiger partial charge in [-0.2, -0.15) is 5.10 Å². The highest BCUT2D eigenvalue weighted by Crippen LogP contribution is 1.87. The number of rotatable bonds is 2. The van der Waals surface area contributed by atoms with Crippen LogP contribution in [0.1, 0.15) is 12.7 Å². The highest BCUT2D eigenvalue weighted by atomic mass is 15.2. The maximum atomic E-state index is 5.30. The van der Waals surface area contributed by atoms with Crippen molar-refractivity contribution in [2.75, 3.05) is 0 Å². The lowest BCUT2D eigenvalue weighted by molar-refractivity contribution is 0.914. The minimum absolute atomic E-state index is 0.475. The van der Waals surface area contributed by atoms with Crippen LogP contribution in [0.25, 0.3) is 0 Å². The summed E-state index contributed by atoms with van der Waals surface area (Å²) in [6.07, 6.45) is 1.44. The zero-order chi connectivity index (χ0) is 7.40. The van der Waals surface area contributed by atoms with Crippen LogP contribution in [0.3, 0.4) is 0 Å². The number of hydrogen-bond acceptors (Lipinski definition) is 3. The number of H-pyrrole nitrogens is 1. The van der Waals surface area contributed by atoms with Crippen LogP contribution in [-0.4, -0.2) is 21.0 Å². The van der Waals surface area contributed by atoms with Gasteiger partial charge in [-0.05, 0) is 6.92 Å². The number of aromatic nitrogens is 3. The quantitative estimate of drug-likeness (QED) is 0.435. The average Bonchev–Trinajstić information content (AvgIpc) is 2.34. The first-order valence-electron chi connectivity index (χ1n) is 2.90. The lowest BCUT2D eigenvalue weighted by Gasteiger charge is -1.88. The van der Waals surface area contributed by atoms with Crippen LogP contribution in [0.2, 0.25) is 0 Å². The van der Waals surface area contributed by atoms with Crippen molar-refractivity contribution in [1.82, 2.24) is 15.2 Å². The molecule has 0 atom stereocenters. The summed E-state index contributed by atoms with van der Waals surface area (Å²) in [5.74, 6) is 1.28. The molecule has 3 N–H and O–H groups in total. The van der Waals surface area contributed by atoms with Crippen molar-refractivity contribution in [2.45, 2.75) is 13.5 Å². The van der Waals surface area contributed by atoms with E-state index in [-0.39, 0.29) is 0 Å². The van der Waals surface area contributed by atoms with E-state index in [4.69, 9.17) is 5.73 Å². The molecular weight excluding hydrogens is 130 g/mol. The minimum atomic E-state index is 0.475.